The highest BCUT2D eigenvalue weighted by Crippen LogP contribution is 2.20. The molecule has 0 spiro atoms. The molecule has 4 rings (SSSR count). The number of fused-ring (bicyclic) bond motifs is 2. The van der Waals surface area contributed by atoms with E-state index < -0.39 is 53.8 Å². The summed E-state index contributed by atoms with van der Waals surface area (Å²) in [7, 11) is 0. The van der Waals surface area contributed by atoms with Crippen molar-refractivity contribution >= 4 is 51.5 Å². The van der Waals surface area contributed by atoms with Crippen LogP contribution in [0.3, 0.4) is 0 Å². The molecule has 0 aliphatic rings. The molecule has 0 aliphatic carbocycles. The molecule has 250 valence electrons. The van der Waals surface area contributed by atoms with E-state index in [1.165, 1.54) is 0 Å². The van der Waals surface area contributed by atoms with Crippen LogP contribution < -0.4 is 33.2 Å². The molecule has 4 unspecified atom stereocenters. The molecule has 0 saturated heterocycles. The predicted octanol–water partition coefficient (Wildman–Crippen LogP) is 1.01. The van der Waals surface area contributed by atoms with Crippen molar-refractivity contribution in [3.8, 4) is 0 Å². The van der Waals surface area contributed by atoms with Gasteiger partial charge in [0, 0.05) is 47.2 Å². The summed E-state index contributed by atoms with van der Waals surface area (Å²) in [6, 6.07) is 10.7. The normalized spacial score (nSPS) is 13.9. The molecular formula is C33H43N9O5. The smallest absolute Gasteiger partial charge is 0.326 e. The Morgan fingerprint density at radius 3 is 1.89 bits per heavy atom. The summed E-state index contributed by atoms with van der Waals surface area (Å²) in [4.78, 5) is 62.7. The summed E-state index contributed by atoms with van der Waals surface area (Å²) in [5.41, 5.74) is 20.5. The number of carbonyl (C=O) groups is 4. The third kappa shape index (κ3) is 9.10. The quantitative estimate of drug-likeness (QED) is 0.0482. The number of para-hydroxylation sites is 2. The second-order valence-corrected chi connectivity index (χ2v) is 11.9. The Bertz CT molecular complexity index is 1740. The van der Waals surface area contributed by atoms with Gasteiger partial charge in [0.25, 0.3) is 0 Å². The zero-order valence-corrected chi connectivity index (χ0v) is 26.5. The average molecular weight is 646 g/mol. The topological polar surface area (TPSA) is 247 Å². The van der Waals surface area contributed by atoms with Crippen molar-refractivity contribution in [1.82, 2.24) is 25.9 Å². The van der Waals surface area contributed by atoms with Gasteiger partial charge in [-0.2, -0.15) is 0 Å². The highest BCUT2D eigenvalue weighted by Gasteiger charge is 2.32. The first-order valence-corrected chi connectivity index (χ1v) is 15.5. The van der Waals surface area contributed by atoms with E-state index in [-0.39, 0.29) is 31.8 Å². The lowest BCUT2D eigenvalue weighted by atomic mass is 10.00. The summed E-state index contributed by atoms with van der Waals surface area (Å²) in [6.07, 6.45) is 4.26. The van der Waals surface area contributed by atoms with Crippen LogP contribution in [-0.2, 0) is 32.0 Å². The van der Waals surface area contributed by atoms with Gasteiger partial charge in [0.05, 0.1) is 6.04 Å². The fourth-order valence-corrected chi connectivity index (χ4v) is 5.45. The number of carboxylic acids is 1. The molecule has 2 heterocycles. The van der Waals surface area contributed by atoms with Crippen molar-refractivity contribution in [1.29, 1.82) is 0 Å². The van der Waals surface area contributed by atoms with Crippen LogP contribution in [-0.4, -0.2) is 75.4 Å². The molecule has 14 heteroatoms. The number of carboxylic acid groups (broad SMARTS) is 1. The molecular weight excluding hydrogens is 602 g/mol. The monoisotopic (exact) mass is 645 g/mol. The lowest BCUT2D eigenvalue weighted by Crippen LogP contribution is -2.58. The molecule has 2 aromatic heterocycles. The number of hydrogen-bond donors (Lipinski definition) is 9. The number of aromatic amines is 2. The molecule has 0 aliphatic heterocycles. The van der Waals surface area contributed by atoms with Crippen LogP contribution in [0.5, 0.6) is 0 Å². The predicted molar refractivity (Wildman–Crippen MR) is 180 cm³/mol. The van der Waals surface area contributed by atoms with Crippen molar-refractivity contribution in [3.05, 3.63) is 72.1 Å². The van der Waals surface area contributed by atoms with Gasteiger partial charge >= 0.3 is 5.97 Å². The largest absolute Gasteiger partial charge is 0.480 e. The van der Waals surface area contributed by atoms with E-state index in [1.807, 2.05) is 48.5 Å². The Morgan fingerprint density at radius 1 is 0.787 bits per heavy atom. The maximum Gasteiger partial charge on any atom is 0.326 e. The van der Waals surface area contributed by atoms with Crippen molar-refractivity contribution in [3.63, 3.8) is 0 Å². The number of nitrogens with two attached hydrogens (primary N) is 3. The number of carbonyl (C=O) groups excluding carboxylic acids is 3. The molecule has 0 bridgehead atoms. The molecule has 0 radical (unpaired) electrons. The van der Waals surface area contributed by atoms with E-state index in [2.05, 4.69) is 30.9 Å². The fourth-order valence-electron chi connectivity index (χ4n) is 5.45. The zero-order chi connectivity index (χ0) is 34.1. The SMILES string of the molecule is CC(C)C(NC(=O)C(CCCN=C(N)N)NC(=O)C(N)Cc1c[nH]c2ccccc12)C(=O)NC(Cc1c[nH]c2ccccc12)C(=O)O. The molecule has 4 aromatic rings. The van der Waals surface area contributed by atoms with Crippen LogP contribution in [0.1, 0.15) is 37.8 Å². The van der Waals surface area contributed by atoms with Gasteiger partial charge in [-0.05, 0) is 48.4 Å². The molecule has 47 heavy (non-hydrogen) atoms. The number of aliphatic carboxylic acids is 1. The molecule has 12 N–H and O–H groups in total. The highest BCUT2D eigenvalue weighted by molar-refractivity contribution is 5.95. The van der Waals surface area contributed by atoms with Gasteiger partial charge in [0.2, 0.25) is 17.7 Å². The number of rotatable bonds is 16. The standard InChI is InChI=1S/C33H43N9O5/c1-18(2)28(31(45)41-27(32(46)47)15-20-17-39-25-11-6-4-9-22(20)25)42-30(44)26(12-7-13-37-33(35)36)40-29(43)23(34)14-19-16-38-24-10-5-3-8-21(19)24/h3-6,8-11,16-18,23,26-28,38-39H,7,12-15,34H2,1-2H3,(H,40,43)(H,41,45)(H,42,44)(H,46,47)(H4,35,36,37). The third-order valence-electron chi connectivity index (χ3n) is 7.99. The Kier molecular flexibility index (Phi) is 11.6. The van der Waals surface area contributed by atoms with Crippen LogP contribution in [0.25, 0.3) is 21.8 Å². The average Bonchev–Trinajstić information content (AvgIpc) is 3.64. The van der Waals surface area contributed by atoms with E-state index in [0.29, 0.717) is 6.42 Å². The number of H-pyrrole nitrogens is 2. The van der Waals surface area contributed by atoms with Gasteiger partial charge < -0.3 is 48.2 Å². The summed E-state index contributed by atoms with van der Waals surface area (Å²) in [5.74, 6) is -3.57. The second-order valence-electron chi connectivity index (χ2n) is 11.9. The highest BCUT2D eigenvalue weighted by atomic mass is 16.4. The Labute approximate surface area is 271 Å². The van der Waals surface area contributed by atoms with Crippen molar-refractivity contribution in [2.75, 3.05) is 6.54 Å². The molecule has 14 nitrogen and oxygen atoms in total. The summed E-state index contributed by atoms with van der Waals surface area (Å²) in [5, 5.41) is 19.8. The number of guanidine groups is 1. The number of aromatic nitrogens is 2. The van der Waals surface area contributed by atoms with E-state index in [0.717, 1.165) is 32.9 Å². The minimum Gasteiger partial charge on any atom is -0.480 e. The van der Waals surface area contributed by atoms with Crippen molar-refractivity contribution in [2.24, 2.45) is 28.1 Å². The first-order chi connectivity index (χ1) is 22.4. The molecule has 3 amide bonds. The van der Waals surface area contributed by atoms with Gasteiger partial charge in [0.15, 0.2) is 5.96 Å². The Balaban J connectivity index is 1.45. The lowest BCUT2D eigenvalue weighted by Gasteiger charge is -2.27. The van der Waals surface area contributed by atoms with Crippen LogP contribution in [0, 0.1) is 5.92 Å². The summed E-state index contributed by atoms with van der Waals surface area (Å²) < 4.78 is 0. The minimum absolute atomic E-state index is 0.0294. The fraction of sp³-hybridized carbons (Fsp3) is 0.364. The number of nitrogens with one attached hydrogen (secondary N) is 5. The van der Waals surface area contributed by atoms with E-state index in [9.17, 15) is 24.3 Å². The maximum atomic E-state index is 13.6. The van der Waals surface area contributed by atoms with Crippen LogP contribution in [0.15, 0.2) is 65.9 Å². The van der Waals surface area contributed by atoms with E-state index in [1.54, 1.807) is 26.2 Å². The Morgan fingerprint density at radius 2 is 1.34 bits per heavy atom. The van der Waals surface area contributed by atoms with Crippen LogP contribution >= 0.6 is 0 Å². The first-order valence-electron chi connectivity index (χ1n) is 15.5. The van der Waals surface area contributed by atoms with Crippen molar-refractivity contribution in [2.45, 2.75) is 63.7 Å². The number of benzene rings is 2. The van der Waals surface area contributed by atoms with Crippen molar-refractivity contribution < 1.29 is 24.3 Å². The second kappa shape index (κ2) is 15.8. The van der Waals surface area contributed by atoms with E-state index >= 15 is 0 Å². The Hall–Kier alpha value is -5.37. The van der Waals surface area contributed by atoms with Crippen LogP contribution in [0.4, 0.5) is 0 Å². The summed E-state index contributed by atoms with van der Waals surface area (Å²) >= 11 is 0. The number of hydrogen-bond acceptors (Lipinski definition) is 6. The van der Waals surface area contributed by atoms with Gasteiger partial charge in [-0.25, -0.2) is 4.79 Å². The number of amides is 3. The molecule has 0 saturated carbocycles. The summed E-state index contributed by atoms with van der Waals surface area (Å²) in [6.45, 7) is 3.67. The molecule has 2 aromatic carbocycles. The molecule has 0 fully saturated rings. The van der Waals surface area contributed by atoms with Gasteiger partial charge in [-0.15, -0.1) is 0 Å². The number of aliphatic imine (C=N–C) groups is 1. The van der Waals surface area contributed by atoms with Crippen LogP contribution in [0.2, 0.25) is 0 Å². The van der Waals surface area contributed by atoms with Gasteiger partial charge in [-0.1, -0.05) is 50.2 Å². The lowest BCUT2D eigenvalue weighted by molar-refractivity contribution is -0.142. The van der Waals surface area contributed by atoms with Gasteiger partial charge in [0.1, 0.15) is 18.1 Å². The molecule has 4 atom stereocenters. The maximum absolute atomic E-state index is 13.6. The van der Waals surface area contributed by atoms with E-state index in [4.69, 9.17) is 17.2 Å². The first kappa shape index (κ1) is 34.5. The zero-order valence-electron chi connectivity index (χ0n) is 26.5. The number of nitrogens with zero attached hydrogens (tertiary/aromatic N) is 1. The minimum atomic E-state index is -1.25. The third-order valence-corrected chi connectivity index (χ3v) is 7.99. The van der Waals surface area contributed by atoms with Gasteiger partial charge in [-0.3, -0.25) is 19.4 Å².